The van der Waals surface area contributed by atoms with Crippen molar-refractivity contribution in [1.82, 2.24) is 45.2 Å². The molecular formula is C20H24ClN9O3. The van der Waals surface area contributed by atoms with Crippen LogP contribution in [0.1, 0.15) is 25.8 Å². The first kappa shape index (κ1) is 22.8. The average molecular weight is 474 g/mol. The molecule has 2 amide bonds. The van der Waals surface area contributed by atoms with Crippen molar-refractivity contribution < 1.29 is 14.7 Å². The minimum atomic E-state index is -1.34. The molecule has 3 aromatic rings. The predicted octanol–water partition coefficient (Wildman–Crippen LogP) is 0.210. The molecule has 0 bridgehead atoms. The summed E-state index contributed by atoms with van der Waals surface area (Å²) in [5, 5.41) is 29.0. The zero-order valence-electron chi connectivity index (χ0n) is 18.1. The van der Waals surface area contributed by atoms with Gasteiger partial charge in [0.05, 0.1) is 12.2 Å². The van der Waals surface area contributed by atoms with Crippen LogP contribution in [0.2, 0.25) is 5.02 Å². The molecule has 0 saturated carbocycles. The van der Waals surface area contributed by atoms with Crippen LogP contribution in [-0.2, 0) is 22.7 Å². The summed E-state index contributed by atoms with van der Waals surface area (Å²) in [5.41, 5.74) is 1.39. The normalized spacial score (nSPS) is 21.2. The van der Waals surface area contributed by atoms with E-state index < -0.39 is 18.1 Å². The third kappa shape index (κ3) is 4.86. The van der Waals surface area contributed by atoms with Crippen LogP contribution in [0, 0.1) is 5.92 Å². The number of nitrogens with zero attached hydrogens (tertiary/aromatic N) is 8. The van der Waals surface area contributed by atoms with E-state index in [9.17, 15) is 14.7 Å². The first-order chi connectivity index (χ1) is 15.8. The van der Waals surface area contributed by atoms with Gasteiger partial charge >= 0.3 is 0 Å². The Morgan fingerprint density at radius 3 is 2.82 bits per heavy atom. The number of likely N-dealkylation sites (tertiary alicyclic amines) is 1. The van der Waals surface area contributed by atoms with E-state index in [-0.39, 0.29) is 31.0 Å². The van der Waals surface area contributed by atoms with Gasteiger partial charge in [0, 0.05) is 17.6 Å². The number of aliphatic hydroxyl groups excluding tert-OH is 1. The molecule has 1 aliphatic rings. The van der Waals surface area contributed by atoms with E-state index in [2.05, 4.69) is 30.9 Å². The highest BCUT2D eigenvalue weighted by atomic mass is 35.5. The zero-order valence-corrected chi connectivity index (χ0v) is 18.9. The smallest absolute Gasteiger partial charge is 0.254 e. The molecule has 2 N–H and O–H groups in total. The summed E-state index contributed by atoms with van der Waals surface area (Å²) >= 11 is 6.15. The number of aromatic nitrogens is 7. The molecule has 1 aromatic carbocycles. The Bertz CT molecular complexity index is 1110. The molecule has 174 valence electrons. The second-order valence-corrected chi connectivity index (χ2v) is 8.53. The minimum absolute atomic E-state index is 0.0391. The van der Waals surface area contributed by atoms with Crippen molar-refractivity contribution in [3.63, 3.8) is 0 Å². The number of carbonyl (C=O) groups is 2. The fourth-order valence-electron chi connectivity index (χ4n) is 4.05. The van der Waals surface area contributed by atoms with Crippen molar-refractivity contribution in [3.8, 4) is 5.69 Å². The largest absolute Gasteiger partial charge is 0.381 e. The molecule has 1 fully saturated rings. The van der Waals surface area contributed by atoms with Gasteiger partial charge in [0.15, 0.2) is 6.10 Å². The SMILES string of the molecule is CC1[C@@H](C)C[C@@H](C(=O)NCc2cc(Cl)ccc2-n2cnnn2)N1C(=O)C(O)Cn1cncn1. The molecule has 4 atom stereocenters. The van der Waals surface area contributed by atoms with Gasteiger partial charge in [-0.25, -0.2) is 14.3 Å². The van der Waals surface area contributed by atoms with Gasteiger partial charge in [0.1, 0.15) is 25.0 Å². The Hall–Kier alpha value is -3.38. The molecule has 1 aliphatic heterocycles. The third-order valence-corrected chi connectivity index (χ3v) is 6.19. The summed E-state index contributed by atoms with van der Waals surface area (Å²) in [6, 6.07) is 4.28. The van der Waals surface area contributed by atoms with Crippen LogP contribution in [-0.4, -0.2) is 75.0 Å². The first-order valence-corrected chi connectivity index (χ1v) is 10.8. The number of benzene rings is 1. The Morgan fingerprint density at radius 1 is 1.30 bits per heavy atom. The van der Waals surface area contributed by atoms with Crippen molar-refractivity contribution in [1.29, 1.82) is 0 Å². The van der Waals surface area contributed by atoms with Crippen LogP contribution in [0.15, 0.2) is 37.2 Å². The molecule has 12 nitrogen and oxygen atoms in total. The molecule has 2 unspecified atom stereocenters. The second kappa shape index (κ2) is 9.63. The number of halogens is 1. The van der Waals surface area contributed by atoms with Gasteiger partial charge < -0.3 is 15.3 Å². The van der Waals surface area contributed by atoms with Crippen molar-refractivity contribution in [3.05, 3.63) is 47.8 Å². The highest BCUT2D eigenvalue weighted by Gasteiger charge is 2.44. The molecule has 4 rings (SSSR count). The lowest BCUT2D eigenvalue weighted by molar-refractivity contribution is -0.148. The fraction of sp³-hybridized carbons (Fsp3) is 0.450. The monoisotopic (exact) mass is 473 g/mol. The number of carbonyl (C=O) groups excluding carboxylic acids is 2. The lowest BCUT2D eigenvalue weighted by Crippen LogP contribution is -2.52. The van der Waals surface area contributed by atoms with Crippen molar-refractivity contribution in [2.24, 2.45) is 5.92 Å². The first-order valence-electron chi connectivity index (χ1n) is 10.5. The van der Waals surface area contributed by atoms with Gasteiger partial charge in [0.25, 0.3) is 5.91 Å². The number of amides is 2. The second-order valence-electron chi connectivity index (χ2n) is 8.09. The van der Waals surface area contributed by atoms with Gasteiger partial charge in [-0.15, -0.1) is 5.10 Å². The summed E-state index contributed by atoms with van der Waals surface area (Å²) in [4.78, 5) is 31.5. The predicted molar refractivity (Wildman–Crippen MR) is 116 cm³/mol. The van der Waals surface area contributed by atoms with Crippen molar-refractivity contribution >= 4 is 23.4 Å². The average Bonchev–Trinajstić information content (AvgIpc) is 3.55. The maximum absolute atomic E-state index is 13.2. The zero-order chi connectivity index (χ0) is 23.5. The highest BCUT2D eigenvalue weighted by Crippen LogP contribution is 2.30. The number of hydrogen-bond acceptors (Lipinski definition) is 8. The third-order valence-electron chi connectivity index (χ3n) is 5.95. The van der Waals surface area contributed by atoms with Crippen molar-refractivity contribution in [2.75, 3.05) is 0 Å². The van der Waals surface area contributed by atoms with Crippen LogP contribution in [0.25, 0.3) is 5.69 Å². The van der Waals surface area contributed by atoms with Crippen LogP contribution >= 0.6 is 11.6 Å². The quantitative estimate of drug-likeness (QED) is 0.495. The van der Waals surface area contributed by atoms with Crippen LogP contribution in [0.4, 0.5) is 0 Å². The van der Waals surface area contributed by atoms with Crippen LogP contribution < -0.4 is 5.32 Å². The summed E-state index contributed by atoms with van der Waals surface area (Å²) in [7, 11) is 0. The van der Waals surface area contributed by atoms with Crippen molar-refractivity contribution in [2.45, 2.75) is 51.5 Å². The number of nitrogens with one attached hydrogen (secondary N) is 1. The number of rotatable bonds is 7. The fourth-order valence-corrected chi connectivity index (χ4v) is 4.25. The van der Waals surface area contributed by atoms with E-state index in [4.69, 9.17) is 11.6 Å². The Labute approximate surface area is 194 Å². The lowest BCUT2D eigenvalue weighted by Gasteiger charge is -2.30. The summed E-state index contributed by atoms with van der Waals surface area (Å²) in [6.45, 7) is 3.99. The maximum atomic E-state index is 13.2. The number of aliphatic hydroxyl groups is 1. The topological polar surface area (TPSA) is 144 Å². The minimum Gasteiger partial charge on any atom is -0.381 e. The summed E-state index contributed by atoms with van der Waals surface area (Å²) in [6.07, 6.45) is 3.35. The molecular weight excluding hydrogens is 450 g/mol. The lowest BCUT2D eigenvalue weighted by atomic mass is 10.0. The van der Waals surface area contributed by atoms with E-state index in [1.54, 1.807) is 18.2 Å². The highest BCUT2D eigenvalue weighted by molar-refractivity contribution is 6.30. The van der Waals surface area contributed by atoms with Gasteiger partial charge in [-0.2, -0.15) is 5.10 Å². The van der Waals surface area contributed by atoms with E-state index in [0.29, 0.717) is 22.7 Å². The maximum Gasteiger partial charge on any atom is 0.254 e. The summed E-state index contributed by atoms with van der Waals surface area (Å²) in [5.74, 6) is -0.735. The molecule has 1 saturated heterocycles. The van der Waals surface area contributed by atoms with E-state index in [1.807, 2.05) is 13.8 Å². The molecule has 3 heterocycles. The van der Waals surface area contributed by atoms with Crippen LogP contribution in [0.3, 0.4) is 0 Å². The van der Waals surface area contributed by atoms with E-state index in [1.165, 1.54) is 33.2 Å². The van der Waals surface area contributed by atoms with Gasteiger partial charge in [-0.05, 0) is 53.5 Å². The molecule has 13 heteroatoms. The van der Waals surface area contributed by atoms with E-state index >= 15 is 0 Å². The standard InChI is InChI=1S/C20H24ClN9O3/c1-12-5-17(30(13(12)2)20(33)18(31)8-28-10-22-9-25-28)19(32)23-7-14-6-15(21)3-4-16(14)29-11-24-26-27-29/h3-4,6,9-13,17-18,31H,5,7-8H2,1-2H3,(H,23,32)/t12-,13?,17-,18?/m0/s1. The molecule has 0 aliphatic carbocycles. The summed E-state index contributed by atoms with van der Waals surface area (Å²) < 4.78 is 2.86. The molecule has 33 heavy (non-hydrogen) atoms. The van der Waals surface area contributed by atoms with Crippen LogP contribution in [0.5, 0.6) is 0 Å². The Kier molecular flexibility index (Phi) is 6.65. The Balaban J connectivity index is 1.48. The number of hydrogen-bond donors (Lipinski definition) is 2. The van der Waals surface area contributed by atoms with Gasteiger partial charge in [-0.3, -0.25) is 9.59 Å². The van der Waals surface area contributed by atoms with Gasteiger partial charge in [-0.1, -0.05) is 18.5 Å². The molecule has 0 radical (unpaired) electrons. The Morgan fingerprint density at radius 2 is 2.12 bits per heavy atom. The molecule has 2 aromatic heterocycles. The molecule has 0 spiro atoms. The van der Waals surface area contributed by atoms with E-state index in [0.717, 1.165) is 0 Å². The number of tetrazole rings is 1. The van der Waals surface area contributed by atoms with Gasteiger partial charge in [0.2, 0.25) is 5.91 Å².